The van der Waals surface area contributed by atoms with E-state index in [-0.39, 0.29) is 11.8 Å². The van der Waals surface area contributed by atoms with Crippen molar-refractivity contribution in [2.45, 2.75) is 32.7 Å². The number of methoxy groups -OCH3 is 3. The maximum atomic E-state index is 12.5. The van der Waals surface area contributed by atoms with Crippen molar-refractivity contribution >= 4 is 5.91 Å². The van der Waals surface area contributed by atoms with Crippen molar-refractivity contribution in [3.8, 4) is 28.6 Å². The van der Waals surface area contributed by atoms with Crippen molar-refractivity contribution in [3.05, 3.63) is 53.9 Å². The largest absolute Gasteiger partial charge is 0.493 e. The highest BCUT2D eigenvalue weighted by atomic mass is 16.5. The Bertz CT molecular complexity index is 1010. The number of nitrogens with one attached hydrogen (secondary N) is 1. The van der Waals surface area contributed by atoms with Gasteiger partial charge < -0.3 is 24.1 Å². The van der Waals surface area contributed by atoms with E-state index >= 15 is 0 Å². The molecule has 3 rings (SSSR count). The molecule has 0 saturated heterocycles. The van der Waals surface area contributed by atoms with Gasteiger partial charge in [0.2, 0.25) is 23.4 Å². The van der Waals surface area contributed by atoms with Crippen molar-refractivity contribution < 1.29 is 23.5 Å². The van der Waals surface area contributed by atoms with Gasteiger partial charge in [0, 0.05) is 18.4 Å². The van der Waals surface area contributed by atoms with Gasteiger partial charge in [0.05, 0.1) is 21.3 Å². The summed E-state index contributed by atoms with van der Waals surface area (Å²) in [6.07, 6.45) is 0.945. The van der Waals surface area contributed by atoms with Crippen molar-refractivity contribution in [3.63, 3.8) is 0 Å². The number of hydrogen-bond acceptors (Lipinski definition) is 7. The van der Waals surface area contributed by atoms with Gasteiger partial charge >= 0.3 is 0 Å². The van der Waals surface area contributed by atoms with E-state index in [1.54, 1.807) is 33.5 Å². The van der Waals surface area contributed by atoms with E-state index in [0.29, 0.717) is 47.4 Å². The lowest BCUT2D eigenvalue weighted by Crippen LogP contribution is -2.31. The second kappa shape index (κ2) is 10.7. The topological polar surface area (TPSA) is 95.7 Å². The second-order valence-electron chi connectivity index (χ2n) is 7.78. The SMILES string of the molecule is COc1cc(-c2noc([C@H](Cc3ccccc3)NC(=O)CC(C)C)n2)cc(OC)c1OC. The number of rotatable bonds is 10. The summed E-state index contributed by atoms with van der Waals surface area (Å²) in [5.41, 5.74) is 1.69. The van der Waals surface area contributed by atoms with E-state index in [4.69, 9.17) is 18.7 Å². The smallest absolute Gasteiger partial charge is 0.249 e. The van der Waals surface area contributed by atoms with Gasteiger partial charge in [-0.2, -0.15) is 4.98 Å². The predicted molar refractivity (Wildman–Crippen MR) is 120 cm³/mol. The third-order valence-corrected chi connectivity index (χ3v) is 4.87. The number of ether oxygens (including phenoxy) is 3. The van der Waals surface area contributed by atoms with Crippen LogP contribution in [-0.4, -0.2) is 37.4 Å². The summed E-state index contributed by atoms with van der Waals surface area (Å²) in [5, 5.41) is 7.17. The third-order valence-electron chi connectivity index (χ3n) is 4.87. The number of aromatic nitrogens is 2. The Hall–Kier alpha value is -3.55. The molecule has 0 fully saturated rings. The van der Waals surface area contributed by atoms with E-state index in [0.717, 1.165) is 5.56 Å². The van der Waals surface area contributed by atoms with Crippen LogP contribution in [0.15, 0.2) is 47.0 Å². The van der Waals surface area contributed by atoms with Gasteiger partial charge in [0.1, 0.15) is 6.04 Å². The number of carbonyl (C=O) groups excluding carboxylic acids is 1. The molecule has 0 bridgehead atoms. The first-order valence-electron chi connectivity index (χ1n) is 10.4. The number of benzene rings is 2. The van der Waals surface area contributed by atoms with Gasteiger partial charge in [-0.1, -0.05) is 49.3 Å². The zero-order chi connectivity index (χ0) is 23.1. The molecule has 0 unspecified atom stereocenters. The molecule has 8 heteroatoms. The minimum absolute atomic E-state index is 0.0616. The molecule has 170 valence electrons. The summed E-state index contributed by atoms with van der Waals surface area (Å²) < 4.78 is 21.8. The molecule has 2 aromatic carbocycles. The normalized spacial score (nSPS) is 11.8. The molecular weight excluding hydrogens is 410 g/mol. The lowest BCUT2D eigenvalue weighted by molar-refractivity contribution is -0.122. The van der Waals surface area contributed by atoms with Crippen LogP contribution < -0.4 is 19.5 Å². The lowest BCUT2D eigenvalue weighted by Gasteiger charge is -2.16. The van der Waals surface area contributed by atoms with Gasteiger partial charge in [-0.3, -0.25) is 4.79 Å². The van der Waals surface area contributed by atoms with Crippen LogP contribution in [0.25, 0.3) is 11.4 Å². The maximum Gasteiger partial charge on any atom is 0.249 e. The highest BCUT2D eigenvalue weighted by Crippen LogP contribution is 2.40. The zero-order valence-electron chi connectivity index (χ0n) is 19.0. The summed E-state index contributed by atoms with van der Waals surface area (Å²) in [7, 11) is 4.63. The van der Waals surface area contributed by atoms with Gasteiger partial charge in [-0.15, -0.1) is 0 Å². The molecule has 32 heavy (non-hydrogen) atoms. The van der Waals surface area contributed by atoms with Crippen LogP contribution in [0, 0.1) is 5.92 Å². The molecule has 0 aliphatic heterocycles. The Morgan fingerprint density at radius 3 is 2.25 bits per heavy atom. The van der Waals surface area contributed by atoms with Crippen LogP contribution >= 0.6 is 0 Å². The molecule has 1 N–H and O–H groups in total. The summed E-state index contributed by atoms with van der Waals surface area (Å²) in [4.78, 5) is 17.1. The Morgan fingerprint density at radius 2 is 1.69 bits per heavy atom. The molecule has 0 radical (unpaired) electrons. The summed E-state index contributed by atoms with van der Waals surface area (Å²) in [6, 6.07) is 12.9. The van der Waals surface area contributed by atoms with E-state index in [1.807, 2.05) is 44.2 Å². The molecule has 1 atom stereocenters. The quantitative estimate of drug-likeness (QED) is 0.505. The van der Waals surface area contributed by atoms with Gasteiger partial charge in [0.15, 0.2) is 11.5 Å². The fraction of sp³-hybridized carbons (Fsp3) is 0.375. The molecular formula is C24H29N3O5. The van der Waals surface area contributed by atoms with Crippen molar-refractivity contribution in [2.24, 2.45) is 5.92 Å². The Labute approximate surface area is 187 Å². The van der Waals surface area contributed by atoms with Crippen molar-refractivity contribution in [1.82, 2.24) is 15.5 Å². The van der Waals surface area contributed by atoms with E-state index in [1.165, 1.54) is 0 Å². The molecule has 0 aliphatic carbocycles. The first-order valence-corrected chi connectivity index (χ1v) is 10.4. The Balaban J connectivity index is 1.93. The van der Waals surface area contributed by atoms with Crippen molar-refractivity contribution in [1.29, 1.82) is 0 Å². The molecule has 1 amide bonds. The lowest BCUT2D eigenvalue weighted by atomic mass is 10.0. The molecule has 1 heterocycles. The molecule has 3 aromatic rings. The van der Waals surface area contributed by atoms with Crippen LogP contribution in [0.3, 0.4) is 0 Å². The van der Waals surface area contributed by atoms with E-state index in [9.17, 15) is 4.79 Å². The van der Waals surface area contributed by atoms with Gasteiger partial charge in [0.25, 0.3) is 0 Å². The maximum absolute atomic E-state index is 12.5. The molecule has 0 spiro atoms. The van der Waals surface area contributed by atoms with E-state index < -0.39 is 6.04 Å². The Morgan fingerprint density at radius 1 is 1.03 bits per heavy atom. The summed E-state index contributed by atoms with van der Waals surface area (Å²) in [6.45, 7) is 4.00. The fourth-order valence-corrected chi connectivity index (χ4v) is 3.38. The average molecular weight is 440 g/mol. The average Bonchev–Trinajstić information content (AvgIpc) is 3.28. The van der Waals surface area contributed by atoms with Crippen LogP contribution in [0.2, 0.25) is 0 Å². The van der Waals surface area contributed by atoms with Crippen LogP contribution in [0.5, 0.6) is 17.2 Å². The van der Waals surface area contributed by atoms with Gasteiger partial charge in [-0.25, -0.2) is 0 Å². The minimum atomic E-state index is -0.452. The van der Waals surface area contributed by atoms with Crippen molar-refractivity contribution in [2.75, 3.05) is 21.3 Å². The number of hydrogen-bond donors (Lipinski definition) is 1. The number of amides is 1. The van der Waals surface area contributed by atoms with Crippen LogP contribution in [0.4, 0.5) is 0 Å². The highest BCUT2D eigenvalue weighted by molar-refractivity contribution is 5.76. The minimum Gasteiger partial charge on any atom is -0.493 e. The Kier molecular flexibility index (Phi) is 7.70. The third kappa shape index (κ3) is 5.57. The fourth-order valence-electron chi connectivity index (χ4n) is 3.38. The molecule has 8 nitrogen and oxygen atoms in total. The molecule has 1 aromatic heterocycles. The summed E-state index contributed by atoms with van der Waals surface area (Å²) in [5.74, 6) is 2.31. The zero-order valence-corrected chi connectivity index (χ0v) is 19.0. The monoisotopic (exact) mass is 439 g/mol. The summed E-state index contributed by atoms with van der Waals surface area (Å²) >= 11 is 0. The first kappa shape index (κ1) is 23.1. The standard InChI is InChI=1S/C24H29N3O5/c1-15(2)11-21(28)25-18(12-16-9-7-6-8-10-16)24-26-23(27-32-24)17-13-19(29-3)22(31-5)20(14-17)30-4/h6-10,13-15,18H,11-12H2,1-5H3,(H,25,28)/t18-/m0/s1. The number of carbonyl (C=O) groups is 1. The van der Waals surface area contributed by atoms with Gasteiger partial charge in [-0.05, 0) is 23.6 Å². The molecule has 0 aliphatic rings. The number of nitrogens with zero attached hydrogens (tertiary/aromatic N) is 2. The van der Waals surface area contributed by atoms with Crippen LogP contribution in [0.1, 0.15) is 37.8 Å². The second-order valence-corrected chi connectivity index (χ2v) is 7.78. The predicted octanol–water partition coefficient (Wildman–Crippen LogP) is 4.21. The van der Waals surface area contributed by atoms with E-state index in [2.05, 4.69) is 15.5 Å². The first-order chi connectivity index (χ1) is 15.4. The highest BCUT2D eigenvalue weighted by Gasteiger charge is 2.24. The van der Waals surface area contributed by atoms with Crippen LogP contribution in [-0.2, 0) is 11.2 Å². The molecule has 0 saturated carbocycles.